The van der Waals surface area contributed by atoms with E-state index in [9.17, 15) is 4.79 Å². The molecule has 18 heavy (non-hydrogen) atoms. The van der Waals surface area contributed by atoms with Crippen molar-refractivity contribution in [3.05, 3.63) is 23.3 Å². The van der Waals surface area contributed by atoms with E-state index in [1.807, 2.05) is 19.1 Å². The molecule has 4 heteroatoms. The van der Waals surface area contributed by atoms with Crippen molar-refractivity contribution >= 4 is 11.8 Å². The Labute approximate surface area is 108 Å². The summed E-state index contributed by atoms with van der Waals surface area (Å²) in [6.07, 6.45) is -0.377. The van der Waals surface area contributed by atoms with Crippen molar-refractivity contribution in [3.8, 4) is 5.75 Å². The maximum absolute atomic E-state index is 11.6. The number of anilines is 1. The van der Waals surface area contributed by atoms with Crippen molar-refractivity contribution in [1.29, 1.82) is 0 Å². The molecule has 0 atom stereocenters. The summed E-state index contributed by atoms with van der Waals surface area (Å²) in [5, 5.41) is 0. The lowest BCUT2D eigenvalue weighted by Crippen LogP contribution is -2.26. The minimum absolute atomic E-state index is 0.324. The summed E-state index contributed by atoms with van der Waals surface area (Å²) in [6.45, 7) is 6.13. The number of hydrogen-bond donors (Lipinski definition) is 0. The summed E-state index contributed by atoms with van der Waals surface area (Å²) < 4.78 is 10.1. The van der Waals surface area contributed by atoms with E-state index in [1.165, 1.54) is 12.0 Å². The highest BCUT2D eigenvalue weighted by molar-refractivity contribution is 5.88. The summed E-state index contributed by atoms with van der Waals surface area (Å²) in [5.41, 5.74) is 2.89. The van der Waals surface area contributed by atoms with Crippen LogP contribution in [0.15, 0.2) is 12.1 Å². The van der Waals surface area contributed by atoms with Gasteiger partial charge in [-0.25, -0.2) is 4.79 Å². The monoisotopic (exact) mass is 251 g/mol. The molecule has 0 aliphatic rings. The van der Waals surface area contributed by atoms with E-state index in [0.717, 1.165) is 22.6 Å². The van der Waals surface area contributed by atoms with Crippen molar-refractivity contribution < 1.29 is 14.3 Å². The molecule has 0 fully saturated rings. The molecule has 1 rings (SSSR count). The van der Waals surface area contributed by atoms with Gasteiger partial charge in [-0.3, -0.25) is 4.90 Å². The third kappa shape index (κ3) is 2.75. The van der Waals surface area contributed by atoms with E-state index in [-0.39, 0.29) is 6.09 Å². The van der Waals surface area contributed by atoms with Crippen molar-refractivity contribution in [2.75, 3.05) is 26.2 Å². The van der Waals surface area contributed by atoms with Gasteiger partial charge >= 0.3 is 6.09 Å². The third-order valence-electron chi connectivity index (χ3n) is 2.98. The first-order valence-corrected chi connectivity index (χ1v) is 5.92. The Morgan fingerprint density at radius 3 is 2.33 bits per heavy atom. The first kappa shape index (κ1) is 14.4. The van der Waals surface area contributed by atoms with Crippen LogP contribution in [0, 0.1) is 6.92 Å². The molecule has 0 heterocycles. The van der Waals surface area contributed by atoms with Crippen LogP contribution >= 0.6 is 0 Å². The van der Waals surface area contributed by atoms with Gasteiger partial charge in [0.25, 0.3) is 0 Å². The summed E-state index contributed by atoms with van der Waals surface area (Å²) in [4.78, 5) is 13.1. The van der Waals surface area contributed by atoms with Crippen LogP contribution in [0.4, 0.5) is 10.5 Å². The SMILES string of the molecule is COC(=O)N(C)c1cc(C(C)C)c(OC)cc1C. The van der Waals surface area contributed by atoms with Crippen molar-refractivity contribution in [3.63, 3.8) is 0 Å². The van der Waals surface area contributed by atoms with Gasteiger partial charge < -0.3 is 9.47 Å². The molecule has 1 aromatic rings. The number of aryl methyl sites for hydroxylation is 1. The lowest BCUT2D eigenvalue weighted by atomic mass is 9.99. The zero-order valence-electron chi connectivity index (χ0n) is 11.9. The highest BCUT2D eigenvalue weighted by Gasteiger charge is 2.17. The average Bonchev–Trinajstić information content (AvgIpc) is 2.36. The van der Waals surface area contributed by atoms with E-state index in [2.05, 4.69) is 13.8 Å². The van der Waals surface area contributed by atoms with Crippen molar-refractivity contribution in [1.82, 2.24) is 0 Å². The van der Waals surface area contributed by atoms with Gasteiger partial charge in [0.05, 0.1) is 19.9 Å². The molecule has 100 valence electrons. The van der Waals surface area contributed by atoms with Gasteiger partial charge in [0, 0.05) is 7.05 Å². The quantitative estimate of drug-likeness (QED) is 0.827. The number of benzene rings is 1. The van der Waals surface area contributed by atoms with Crippen LogP contribution < -0.4 is 9.64 Å². The number of hydrogen-bond acceptors (Lipinski definition) is 3. The minimum atomic E-state index is -0.377. The molecule has 1 aromatic carbocycles. The fourth-order valence-electron chi connectivity index (χ4n) is 1.91. The highest BCUT2D eigenvalue weighted by Crippen LogP contribution is 2.33. The Kier molecular flexibility index (Phi) is 4.59. The first-order valence-electron chi connectivity index (χ1n) is 5.92. The highest BCUT2D eigenvalue weighted by atomic mass is 16.5. The zero-order chi connectivity index (χ0) is 13.9. The molecule has 0 aliphatic heterocycles. The Hall–Kier alpha value is -1.71. The van der Waals surface area contributed by atoms with Gasteiger partial charge in [-0.05, 0) is 36.1 Å². The Morgan fingerprint density at radius 1 is 1.28 bits per heavy atom. The fraction of sp³-hybridized carbons (Fsp3) is 0.500. The Balaban J connectivity index is 3.29. The number of rotatable bonds is 3. The molecule has 0 aliphatic carbocycles. The number of ether oxygens (including phenoxy) is 2. The molecule has 0 saturated heterocycles. The predicted octanol–water partition coefficient (Wildman–Crippen LogP) is 3.33. The van der Waals surface area contributed by atoms with Crippen LogP contribution in [0.25, 0.3) is 0 Å². The maximum atomic E-state index is 11.6. The second-order valence-corrected chi connectivity index (χ2v) is 4.56. The molecule has 0 N–H and O–H groups in total. The molecular weight excluding hydrogens is 230 g/mol. The molecular formula is C14H21NO3. The predicted molar refractivity (Wildman–Crippen MR) is 72.6 cm³/mol. The molecule has 0 saturated carbocycles. The van der Waals surface area contributed by atoms with E-state index in [1.54, 1.807) is 14.2 Å². The largest absolute Gasteiger partial charge is 0.496 e. The van der Waals surface area contributed by atoms with Gasteiger partial charge in [0.2, 0.25) is 0 Å². The molecule has 1 amide bonds. The van der Waals surface area contributed by atoms with Gasteiger partial charge in [0.15, 0.2) is 0 Å². The smallest absolute Gasteiger partial charge is 0.413 e. The number of carbonyl (C=O) groups excluding carboxylic acids is 1. The van der Waals surface area contributed by atoms with Crippen LogP contribution in [-0.2, 0) is 4.74 Å². The lowest BCUT2D eigenvalue weighted by Gasteiger charge is -2.21. The number of methoxy groups -OCH3 is 2. The van der Waals surface area contributed by atoms with E-state index in [0.29, 0.717) is 5.92 Å². The molecule has 4 nitrogen and oxygen atoms in total. The van der Waals surface area contributed by atoms with Crippen molar-refractivity contribution in [2.24, 2.45) is 0 Å². The summed E-state index contributed by atoms with van der Waals surface area (Å²) in [7, 11) is 4.73. The molecule has 0 bridgehead atoms. The third-order valence-corrected chi connectivity index (χ3v) is 2.98. The average molecular weight is 251 g/mol. The van der Waals surface area contributed by atoms with E-state index >= 15 is 0 Å². The lowest BCUT2D eigenvalue weighted by molar-refractivity contribution is 0.180. The number of amides is 1. The van der Waals surface area contributed by atoms with E-state index < -0.39 is 0 Å². The van der Waals surface area contributed by atoms with E-state index in [4.69, 9.17) is 9.47 Å². The van der Waals surface area contributed by atoms with Crippen LogP contribution in [0.3, 0.4) is 0 Å². The van der Waals surface area contributed by atoms with Gasteiger partial charge in [0.1, 0.15) is 5.75 Å². The van der Waals surface area contributed by atoms with Crippen LogP contribution in [0.2, 0.25) is 0 Å². The van der Waals surface area contributed by atoms with Crippen molar-refractivity contribution in [2.45, 2.75) is 26.7 Å². The topological polar surface area (TPSA) is 38.8 Å². The summed E-state index contributed by atoms with van der Waals surface area (Å²) in [6, 6.07) is 3.93. The van der Waals surface area contributed by atoms with Gasteiger partial charge in [-0.15, -0.1) is 0 Å². The Bertz CT molecular complexity index is 441. The zero-order valence-corrected chi connectivity index (χ0v) is 11.9. The van der Waals surface area contributed by atoms with Crippen LogP contribution in [-0.4, -0.2) is 27.4 Å². The number of carbonyl (C=O) groups is 1. The second-order valence-electron chi connectivity index (χ2n) is 4.56. The number of nitrogens with zero attached hydrogens (tertiary/aromatic N) is 1. The first-order chi connectivity index (χ1) is 8.42. The normalized spacial score (nSPS) is 10.4. The molecule has 0 unspecified atom stereocenters. The Morgan fingerprint density at radius 2 is 1.89 bits per heavy atom. The fourth-order valence-corrected chi connectivity index (χ4v) is 1.91. The molecule has 0 radical (unpaired) electrons. The molecule has 0 aromatic heterocycles. The van der Waals surface area contributed by atoms with Crippen LogP contribution in [0.5, 0.6) is 5.75 Å². The maximum Gasteiger partial charge on any atom is 0.413 e. The van der Waals surface area contributed by atoms with Gasteiger partial charge in [-0.1, -0.05) is 13.8 Å². The van der Waals surface area contributed by atoms with Gasteiger partial charge in [-0.2, -0.15) is 0 Å². The minimum Gasteiger partial charge on any atom is -0.496 e. The second kappa shape index (κ2) is 5.76. The summed E-state index contributed by atoms with van der Waals surface area (Å²) in [5.74, 6) is 1.18. The van der Waals surface area contributed by atoms with Crippen LogP contribution in [0.1, 0.15) is 30.9 Å². The molecule has 0 spiro atoms. The standard InChI is InChI=1S/C14H21NO3/c1-9(2)11-8-12(15(4)14(16)18-6)10(3)7-13(11)17-5/h7-9H,1-6H3. The summed E-state index contributed by atoms with van der Waals surface area (Å²) >= 11 is 0.